The first-order valence-corrected chi connectivity index (χ1v) is 8.05. The van der Waals surface area contributed by atoms with E-state index in [1.807, 2.05) is 56.8 Å². The predicted octanol–water partition coefficient (Wildman–Crippen LogP) is 2.05. The van der Waals surface area contributed by atoms with Crippen molar-refractivity contribution in [1.82, 2.24) is 30.1 Å². The van der Waals surface area contributed by atoms with E-state index >= 15 is 0 Å². The van der Waals surface area contributed by atoms with Gasteiger partial charge in [0.1, 0.15) is 5.52 Å². The van der Waals surface area contributed by atoms with Crippen molar-refractivity contribution in [2.45, 2.75) is 39.8 Å². The van der Waals surface area contributed by atoms with Gasteiger partial charge in [-0.05, 0) is 32.9 Å². The van der Waals surface area contributed by atoms with E-state index in [4.69, 9.17) is 0 Å². The molecule has 1 amide bonds. The zero-order valence-corrected chi connectivity index (χ0v) is 14.4. The van der Waals surface area contributed by atoms with Gasteiger partial charge >= 0.3 is 0 Å². The third-order valence-electron chi connectivity index (χ3n) is 4.35. The van der Waals surface area contributed by atoms with Crippen LogP contribution in [0.1, 0.15) is 36.3 Å². The van der Waals surface area contributed by atoms with Gasteiger partial charge in [-0.2, -0.15) is 5.10 Å². The van der Waals surface area contributed by atoms with Gasteiger partial charge in [0.25, 0.3) is 0 Å². The summed E-state index contributed by atoms with van der Waals surface area (Å²) in [4.78, 5) is 12.3. The number of nitrogens with zero attached hydrogens (tertiary/aromatic N) is 5. The minimum atomic E-state index is -0.0707. The molecule has 1 atom stereocenters. The number of nitrogens with one attached hydrogen (secondary N) is 1. The predicted molar refractivity (Wildman–Crippen MR) is 91.4 cm³/mol. The van der Waals surface area contributed by atoms with Crippen molar-refractivity contribution in [3.8, 4) is 0 Å². The van der Waals surface area contributed by atoms with Crippen LogP contribution in [0.15, 0.2) is 24.3 Å². The van der Waals surface area contributed by atoms with Crippen LogP contribution in [-0.2, 0) is 18.4 Å². The summed E-state index contributed by atoms with van der Waals surface area (Å²) in [6, 6.07) is 7.67. The summed E-state index contributed by atoms with van der Waals surface area (Å²) in [6.07, 6.45) is 0.357. The lowest BCUT2D eigenvalue weighted by Crippen LogP contribution is -2.28. The number of hydrogen-bond acceptors (Lipinski definition) is 4. The molecule has 1 N–H and O–H groups in total. The Balaban J connectivity index is 1.63. The molecule has 7 heteroatoms. The maximum absolute atomic E-state index is 12.3. The quantitative estimate of drug-likeness (QED) is 0.778. The van der Waals surface area contributed by atoms with Crippen LogP contribution in [0.4, 0.5) is 0 Å². The molecule has 0 fully saturated rings. The lowest BCUT2D eigenvalue weighted by atomic mass is 10.1. The van der Waals surface area contributed by atoms with Crippen LogP contribution in [0.2, 0.25) is 0 Å². The summed E-state index contributed by atoms with van der Waals surface area (Å²) in [5.74, 6) is -0.00951. The normalized spacial score (nSPS) is 12.5. The number of carbonyl (C=O) groups excluding carboxylic acids is 1. The Morgan fingerprint density at radius 2 is 2.04 bits per heavy atom. The van der Waals surface area contributed by atoms with Crippen LogP contribution in [-0.4, -0.2) is 30.7 Å². The third kappa shape index (κ3) is 3.02. The summed E-state index contributed by atoms with van der Waals surface area (Å²) in [5, 5.41) is 15.7. The number of benzene rings is 1. The number of fused-ring (bicyclic) bond motifs is 1. The molecular formula is C17H22N6O. The molecule has 0 unspecified atom stereocenters. The standard InChI is InChI=1S/C17H22N6O/c1-11(17-12(2)20-22(4)13(17)3)18-16(24)9-10-23-15-8-6-5-7-14(15)19-21-23/h5-8,11H,9-10H2,1-4H3,(H,18,24)/t11-/m0/s1. The van der Waals surface area contributed by atoms with E-state index in [9.17, 15) is 4.79 Å². The van der Waals surface area contributed by atoms with Crippen molar-refractivity contribution in [3.63, 3.8) is 0 Å². The zero-order valence-electron chi connectivity index (χ0n) is 14.4. The van der Waals surface area contributed by atoms with Gasteiger partial charge in [-0.15, -0.1) is 5.10 Å². The summed E-state index contributed by atoms with van der Waals surface area (Å²) in [5.41, 5.74) is 4.88. The van der Waals surface area contributed by atoms with Crippen LogP contribution < -0.4 is 5.32 Å². The third-order valence-corrected chi connectivity index (χ3v) is 4.35. The Labute approximate surface area is 140 Å². The topological polar surface area (TPSA) is 77.6 Å². The van der Waals surface area contributed by atoms with E-state index in [1.54, 1.807) is 4.68 Å². The second-order valence-corrected chi connectivity index (χ2v) is 6.05. The van der Waals surface area contributed by atoms with E-state index in [1.165, 1.54) is 0 Å². The molecule has 0 saturated carbocycles. The molecule has 0 radical (unpaired) electrons. The maximum Gasteiger partial charge on any atom is 0.222 e. The molecule has 0 aliphatic rings. The largest absolute Gasteiger partial charge is 0.349 e. The molecule has 2 heterocycles. The molecule has 24 heavy (non-hydrogen) atoms. The van der Waals surface area contributed by atoms with Crippen molar-refractivity contribution in [2.24, 2.45) is 7.05 Å². The Bertz CT molecular complexity index is 878. The van der Waals surface area contributed by atoms with Crippen LogP contribution in [0, 0.1) is 13.8 Å². The summed E-state index contributed by atoms with van der Waals surface area (Å²) < 4.78 is 3.61. The van der Waals surface area contributed by atoms with Crippen LogP contribution in [0.25, 0.3) is 11.0 Å². The Kier molecular flexibility index (Phi) is 4.33. The van der Waals surface area contributed by atoms with Gasteiger partial charge < -0.3 is 5.32 Å². The zero-order chi connectivity index (χ0) is 17.3. The average Bonchev–Trinajstić information content (AvgIpc) is 3.06. The smallest absolute Gasteiger partial charge is 0.222 e. The first kappa shape index (κ1) is 16.2. The minimum absolute atomic E-state index is 0.00951. The van der Waals surface area contributed by atoms with Crippen molar-refractivity contribution >= 4 is 16.9 Å². The van der Waals surface area contributed by atoms with E-state index < -0.39 is 0 Å². The minimum Gasteiger partial charge on any atom is -0.349 e. The lowest BCUT2D eigenvalue weighted by Gasteiger charge is -2.15. The summed E-state index contributed by atoms with van der Waals surface area (Å²) >= 11 is 0. The number of aromatic nitrogens is 5. The van der Waals surface area contributed by atoms with Gasteiger partial charge in [-0.3, -0.25) is 9.48 Å². The Morgan fingerprint density at radius 1 is 1.29 bits per heavy atom. The van der Waals surface area contributed by atoms with Gasteiger partial charge in [0.2, 0.25) is 5.91 Å². The number of amides is 1. The second kappa shape index (κ2) is 6.43. The summed E-state index contributed by atoms with van der Waals surface area (Å²) in [7, 11) is 1.91. The fourth-order valence-electron chi connectivity index (χ4n) is 3.09. The van der Waals surface area contributed by atoms with Gasteiger partial charge in [-0.25, -0.2) is 4.68 Å². The first-order valence-electron chi connectivity index (χ1n) is 8.05. The molecule has 0 aliphatic heterocycles. The van der Waals surface area contributed by atoms with Crippen molar-refractivity contribution in [1.29, 1.82) is 0 Å². The highest BCUT2D eigenvalue weighted by atomic mass is 16.1. The number of aryl methyl sites for hydroxylation is 3. The Morgan fingerprint density at radius 3 is 2.75 bits per heavy atom. The highest BCUT2D eigenvalue weighted by Crippen LogP contribution is 2.20. The highest BCUT2D eigenvalue weighted by Gasteiger charge is 2.18. The van der Waals surface area contributed by atoms with Crippen LogP contribution in [0.3, 0.4) is 0 Å². The Hall–Kier alpha value is -2.70. The summed E-state index contributed by atoms with van der Waals surface area (Å²) in [6.45, 7) is 6.47. The van der Waals surface area contributed by atoms with E-state index in [0.29, 0.717) is 13.0 Å². The molecule has 1 aromatic carbocycles. The second-order valence-electron chi connectivity index (χ2n) is 6.05. The monoisotopic (exact) mass is 326 g/mol. The van der Waals surface area contributed by atoms with Crippen LogP contribution in [0.5, 0.6) is 0 Å². The van der Waals surface area contributed by atoms with Gasteiger partial charge in [0.05, 0.1) is 23.8 Å². The van der Waals surface area contributed by atoms with Crippen molar-refractivity contribution in [3.05, 3.63) is 41.2 Å². The van der Waals surface area contributed by atoms with Crippen molar-refractivity contribution < 1.29 is 4.79 Å². The maximum atomic E-state index is 12.3. The molecule has 0 aliphatic carbocycles. The lowest BCUT2D eigenvalue weighted by molar-refractivity contribution is -0.122. The van der Waals surface area contributed by atoms with Crippen LogP contribution >= 0.6 is 0 Å². The SMILES string of the molecule is Cc1nn(C)c(C)c1[C@H](C)NC(=O)CCn1nnc2ccccc21. The van der Waals surface area contributed by atoms with Gasteiger partial charge in [0.15, 0.2) is 0 Å². The van der Waals surface area contributed by atoms with Crippen molar-refractivity contribution in [2.75, 3.05) is 0 Å². The van der Waals surface area contributed by atoms with Gasteiger partial charge in [0, 0.05) is 24.7 Å². The molecular weight excluding hydrogens is 304 g/mol. The molecule has 0 bridgehead atoms. The molecule has 0 spiro atoms. The fraction of sp³-hybridized carbons (Fsp3) is 0.412. The molecule has 126 valence electrons. The molecule has 2 aromatic heterocycles. The number of para-hydroxylation sites is 1. The molecule has 0 saturated heterocycles. The van der Waals surface area contributed by atoms with E-state index in [0.717, 1.165) is 28.0 Å². The number of rotatable bonds is 5. The van der Waals surface area contributed by atoms with Gasteiger partial charge in [-0.1, -0.05) is 17.3 Å². The van der Waals surface area contributed by atoms with E-state index in [-0.39, 0.29) is 11.9 Å². The highest BCUT2D eigenvalue weighted by molar-refractivity contribution is 5.77. The molecule has 3 aromatic rings. The molecule has 3 rings (SSSR count). The van der Waals surface area contributed by atoms with E-state index in [2.05, 4.69) is 20.7 Å². The molecule has 7 nitrogen and oxygen atoms in total. The number of hydrogen-bond donors (Lipinski definition) is 1. The fourth-order valence-corrected chi connectivity index (χ4v) is 3.09. The average molecular weight is 326 g/mol. The number of carbonyl (C=O) groups is 1. The first-order chi connectivity index (χ1) is 11.5.